The van der Waals surface area contributed by atoms with Gasteiger partial charge >= 0.3 is 0 Å². The first-order valence-corrected chi connectivity index (χ1v) is 7.39. The summed E-state index contributed by atoms with van der Waals surface area (Å²) in [6, 6.07) is 5.73. The molecule has 0 aliphatic carbocycles. The average Bonchev–Trinajstić information content (AvgIpc) is 2.90. The summed E-state index contributed by atoms with van der Waals surface area (Å²) in [5, 5.41) is 9.42. The van der Waals surface area contributed by atoms with Gasteiger partial charge in [0.15, 0.2) is 5.69 Å². The van der Waals surface area contributed by atoms with E-state index < -0.39 is 0 Å². The predicted octanol–water partition coefficient (Wildman–Crippen LogP) is 3.87. The lowest BCUT2D eigenvalue weighted by molar-refractivity contribution is 0.339. The Morgan fingerprint density at radius 2 is 2.21 bits per heavy atom. The van der Waals surface area contributed by atoms with Crippen LogP contribution in [0.25, 0.3) is 0 Å². The molecule has 0 N–H and O–H groups in total. The predicted molar refractivity (Wildman–Crippen MR) is 78.4 cm³/mol. The third-order valence-corrected chi connectivity index (χ3v) is 4.51. The van der Waals surface area contributed by atoms with E-state index >= 15 is 0 Å². The van der Waals surface area contributed by atoms with Crippen LogP contribution in [-0.4, -0.2) is 18.1 Å². The maximum atomic E-state index is 8.99. The van der Waals surface area contributed by atoms with Gasteiger partial charge in [0.05, 0.1) is 5.02 Å². The van der Waals surface area contributed by atoms with Gasteiger partial charge in [-0.25, -0.2) is 4.98 Å². The summed E-state index contributed by atoms with van der Waals surface area (Å²) in [5.41, 5.74) is 0.324. The molecule has 1 aliphatic heterocycles. The van der Waals surface area contributed by atoms with Crippen molar-refractivity contribution < 1.29 is 0 Å². The molecule has 2 rings (SSSR count). The van der Waals surface area contributed by atoms with Crippen molar-refractivity contribution in [2.24, 2.45) is 11.8 Å². The molecule has 1 unspecified atom stereocenters. The molecule has 1 fully saturated rings. The minimum Gasteiger partial charge on any atom is -0.356 e. The summed E-state index contributed by atoms with van der Waals surface area (Å²) in [7, 11) is 0. The normalized spacial score (nSPS) is 18.9. The summed E-state index contributed by atoms with van der Waals surface area (Å²) in [4.78, 5) is 6.63. The summed E-state index contributed by atoms with van der Waals surface area (Å²) in [6.07, 6.45) is 3.71. The number of halogens is 1. The molecular weight excluding hydrogens is 258 g/mol. The van der Waals surface area contributed by atoms with E-state index in [4.69, 9.17) is 16.9 Å². The molecule has 1 saturated heterocycles. The third kappa shape index (κ3) is 3.01. The Morgan fingerprint density at radius 3 is 2.84 bits per heavy atom. The van der Waals surface area contributed by atoms with Crippen LogP contribution >= 0.6 is 11.6 Å². The van der Waals surface area contributed by atoms with Crippen LogP contribution in [0.15, 0.2) is 12.1 Å². The van der Waals surface area contributed by atoms with Crippen LogP contribution in [0.2, 0.25) is 5.02 Å². The quantitative estimate of drug-likeness (QED) is 0.839. The summed E-state index contributed by atoms with van der Waals surface area (Å²) in [5.74, 6) is 2.43. The van der Waals surface area contributed by atoms with E-state index in [1.165, 1.54) is 19.3 Å². The molecule has 0 spiro atoms. The van der Waals surface area contributed by atoms with Crippen molar-refractivity contribution in [3.05, 3.63) is 22.8 Å². The largest absolute Gasteiger partial charge is 0.356 e. The minimum absolute atomic E-state index is 0.324. The molecule has 2 heterocycles. The first-order valence-electron chi connectivity index (χ1n) is 7.01. The summed E-state index contributed by atoms with van der Waals surface area (Å²) >= 11 is 5.92. The maximum Gasteiger partial charge on any atom is 0.161 e. The van der Waals surface area contributed by atoms with Crippen molar-refractivity contribution in [3.8, 4) is 6.07 Å². The van der Waals surface area contributed by atoms with Crippen molar-refractivity contribution in [1.29, 1.82) is 5.26 Å². The number of anilines is 1. The lowest BCUT2D eigenvalue weighted by Gasteiger charge is -2.22. The topological polar surface area (TPSA) is 39.9 Å². The molecule has 0 bridgehead atoms. The van der Waals surface area contributed by atoms with Gasteiger partial charge in [0.1, 0.15) is 11.9 Å². The van der Waals surface area contributed by atoms with Gasteiger partial charge in [-0.3, -0.25) is 0 Å². The first-order chi connectivity index (χ1) is 9.19. The number of hydrogen-bond donors (Lipinski definition) is 0. The van der Waals surface area contributed by atoms with Crippen molar-refractivity contribution in [3.63, 3.8) is 0 Å². The number of hydrogen-bond acceptors (Lipinski definition) is 3. The van der Waals surface area contributed by atoms with Crippen LogP contribution in [0.4, 0.5) is 5.82 Å². The second kappa shape index (κ2) is 6.25. The minimum atomic E-state index is 0.324. The maximum absolute atomic E-state index is 8.99. The van der Waals surface area contributed by atoms with E-state index in [0.717, 1.165) is 30.7 Å². The molecule has 1 aliphatic rings. The molecule has 1 atom stereocenters. The van der Waals surface area contributed by atoms with Crippen molar-refractivity contribution in [1.82, 2.24) is 4.98 Å². The highest BCUT2D eigenvalue weighted by molar-refractivity contribution is 6.31. The van der Waals surface area contributed by atoms with Gasteiger partial charge in [-0.2, -0.15) is 5.26 Å². The Bertz CT molecular complexity index is 477. The molecule has 1 aromatic rings. The molecule has 0 amide bonds. The third-order valence-electron chi connectivity index (χ3n) is 4.20. The van der Waals surface area contributed by atoms with Gasteiger partial charge in [0.2, 0.25) is 0 Å². The Kier molecular flexibility index (Phi) is 4.66. The van der Waals surface area contributed by atoms with Crippen molar-refractivity contribution in [2.45, 2.75) is 33.1 Å². The summed E-state index contributed by atoms with van der Waals surface area (Å²) in [6.45, 7) is 6.61. The standard InChI is InChI=1S/C15H20ClN3/c1-3-11(4-2)12-7-8-19(10-12)15-6-5-13(16)14(9-17)18-15/h5-6,11-12H,3-4,7-8,10H2,1-2H3. The Labute approximate surface area is 120 Å². The number of rotatable bonds is 4. The molecule has 4 heteroatoms. The molecule has 0 saturated carbocycles. The lowest BCUT2D eigenvalue weighted by atomic mass is 9.87. The van der Waals surface area contributed by atoms with Crippen molar-refractivity contribution in [2.75, 3.05) is 18.0 Å². The van der Waals surface area contributed by atoms with Crippen molar-refractivity contribution >= 4 is 17.4 Å². The van der Waals surface area contributed by atoms with Crippen LogP contribution in [-0.2, 0) is 0 Å². The van der Waals surface area contributed by atoms with Gasteiger partial charge in [-0.15, -0.1) is 0 Å². The number of nitriles is 1. The van der Waals surface area contributed by atoms with E-state index in [-0.39, 0.29) is 0 Å². The smallest absolute Gasteiger partial charge is 0.161 e. The zero-order chi connectivity index (χ0) is 13.8. The highest BCUT2D eigenvalue weighted by Gasteiger charge is 2.28. The van der Waals surface area contributed by atoms with Crippen LogP contribution in [0.3, 0.4) is 0 Å². The highest BCUT2D eigenvalue weighted by atomic mass is 35.5. The number of nitrogens with zero attached hydrogens (tertiary/aromatic N) is 3. The molecule has 1 aromatic heterocycles. The molecule has 19 heavy (non-hydrogen) atoms. The van der Waals surface area contributed by atoms with Crippen LogP contribution < -0.4 is 4.90 Å². The second-order valence-corrected chi connectivity index (χ2v) is 5.59. The zero-order valence-electron chi connectivity index (χ0n) is 11.6. The summed E-state index contributed by atoms with van der Waals surface area (Å²) < 4.78 is 0. The fourth-order valence-electron chi connectivity index (χ4n) is 3.02. The van der Waals surface area contributed by atoms with E-state index in [1.54, 1.807) is 6.07 Å². The molecule has 102 valence electrons. The first kappa shape index (κ1) is 14.1. The van der Waals surface area contributed by atoms with E-state index in [0.29, 0.717) is 10.7 Å². The van der Waals surface area contributed by atoms with Gasteiger partial charge in [0, 0.05) is 13.1 Å². The monoisotopic (exact) mass is 277 g/mol. The molecular formula is C15H20ClN3. The number of pyridine rings is 1. The SMILES string of the molecule is CCC(CC)C1CCN(c2ccc(Cl)c(C#N)n2)C1. The zero-order valence-corrected chi connectivity index (χ0v) is 12.3. The highest BCUT2D eigenvalue weighted by Crippen LogP contribution is 2.31. The average molecular weight is 278 g/mol. The van der Waals surface area contributed by atoms with E-state index in [9.17, 15) is 0 Å². The van der Waals surface area contributed by atoms with Gasteiger partial charge in [-0.1, -0.05) is 38.3 Å². The van der Waals surface area contributed by atoms with Gasteiger partial charge in [0.25, 0.3) is 0 Å². The molecule has 0 aromatic carbocycles. The van der Waals surface area contributed by atoms with Crippen LogP contribution in [0, 0.1) is 23.2 Å². The van der Waals surface area contributed by atoms with E-state index in [1.807, 2.05) is 12.1 Å². The van der Waals surface area contributed by atoms with Gasteiger partial charge in [-0.05, 0) is 30.4 Å². The van der Waals surface area contributed by atoms with Crippen LogP contribution in [0.1, 0.15) is 38.8 Å². The van der Waals surface area contributed by atoms with Gasteiger partial charge < -0.3 is 4.90 Å². The second-order valence-electron chi connectivity index (χ2n) is 5.18. The lowest BCUT2D eigenvalue weighted by Crippen LogP contribution is -2.23. The fourth-order valence-corrected chi connectivity index (χ4v) is 3.17. The molecule has 3 nitrogen and oxygen atoms in total. The van der Waals surface area contributed by atoms with Crippen LogP contribution in [0.5, 0.6) is 0 Å². The number of aromatic nitrogens is 1. The van der Waals surface area contributed by atoms with E-state index in [2.05, 4.69) is 23.7 Å². The Balaban J connectivity index is 2.11. The fraction of sp³-hybridized carbons (Fsp3) is 0.600. The molecule has 0 radical (unpaired) electrons. The Hall–Kier alpha value is -1.27. The Morgan fingerprint density at radius 1 is 1.47 bits per heavy atom.